The molecule has 0 aliphatic carbocycles. The molecule has 1 amide bonds. The summed E-state index contributed by atoms with van der Waals surface area (Å²) in [5.74, 6) is -0.825. The van der Waals surface area contributed by atoms with Gasteiger partial charge in [-0.05, 0) is 72.4 Å². The van der Waals surface area contributed by atoms with Crippen molar-refractivity contribution in [3.05, 3.63) is 29.8 Å². The van der Waals surface area contributed by atoms with E-state index in [0.717, 1.165) is 5.56 Å². The van der Waals surface area contributed by atoms with E-state index in [2.05, 4.69) is 0 Å². The molecule has 186 valence electrons. The Hall–Kier alpha value is -2.17. The van der Waals surface area contributed by atoms with Crippen molar-refractivity contribution in [1.29, 1.82) is 0 Å². The fourth-order valence-corrected chi connectivity index (χ4v) is 4.75. The van der Waals surface area contributed by atoms with Crippen LogP contribution in [-0.4, -0.2) is 61.1 Å². The molecule has 1 aromatic rings. The maximum atomic E-state index is 12.6. The Balaban J connectivity index is 2.13. The minimum atomic E-state index is -4.00. The Labute approximate surface area is 196 Å². The van der Waals surface area contributed by atoms with Crippen LogP contribution >= 0.6 is 0 Å². The van der Waals surface area contributed by atoms with Crippen LogP contribution in [0.25, 0.3) is 0 Å². The molecule has 1 saturated heterocycles. The van der Waals surface area contributed by atoms with Gasteiger partial charge in [0, 0.05) is 6.42 Å². The van der Waals surface area contributed by atoms with Crippen LogP contribution in [0, 0.1) is 12.8 Å². The molecule has 1 N–H and O–H groups in total. The lowest BCUT2D eigenvalue weighted by Crippen LogP contribution is -2.47. The molecule has 1 unspecified atom stereocenters. The number of hydrogen-bond donors (Lipinski definition) is 1. The summed E-state index contributed by atoms with van der Waals surface area (Å²) in [4.78, 5) is 25.3. The van der Waals surface area contributed by atoms with Crippen molar-refractivity contribution in [1.82, 2.24) is 4.90 Å². The van der Waals surface area contributed by atoms with Gasteiger partial charge in [0.1, 0.15) is 11.3 Å². The van der Waals surface area contributed by atoms with Gasteiger partial charge in [0.2, 0.25) is 0 Å². The molecule has 2 atom stereocenters. The van der Waals surface area contributed by atoms with Crippen molar-refractivity contribution in [2.24, 2.45) is 5.92 Å². The number of rotatable bonds is 9. The molecule has 1 aliphatic heterocycles. The lowest BCUT2D eigenvalue weighted by Gasteiger charge is -2.32. The first-order valence-corrected chi connectivity index (χ1v) is 12.4. The Morgan fingerprint density at radius 3 is 2.39 bits per heavy atom. The average molecular weight is 486 g/mol. The Morgan fingerprint density at radius 2 is 1.85 bits per heavy atom. The second-order valence-corrected chi connectivity index (χ2v) is 11.5. The topological polar surface area (TPSA) is 119 Å². The number of carbonyl (C=O) groups excluding carboxylic acids is 1. The van der Waals surface area contributed by atoms with Crippen LogP contribution in [0.3, 0.4) is 0 Å². The standard InChI is InChI=1S/C23H35NO8S/c1-16-7-10-19(11-8-16)33(28,29)31-14-17(9-12-20(25)32-22(2,3)4)13-18-15-30-23(5,6)24(18)21(26)27/h7-8,10-11,17-18H,9,12-15H2,1-6H3,(H,26,27)/t17-,18?/m1/s1. The zero-order chi connectivity index (χ0) is 25.0. The van der Waals surface area contributed by atoms with E-state index < -0.39 is 45.5 Å². The molecule has 10 heteroatoms. The summed E-state index contributed by atoms with van der Waals surface area (Å²) >= 11 is 0. The Bertz CT molecular complexity index is 934. The number of hydrogen-bond acceptors (Lipinski definition) is 7. The minimum absolute atomic E-state index is 0.0384. The third kappa shape index (κ3) is 7.97. The third-order valence-electron chi connectivity index (χ3n) is 5.33. The van der Waals surface area contributed by atoms with E-state index in [1.807, 2.05) is 6.92 Å². The molecule has 0 bridgehead atoms. The number of carbonyl (C=O) groups is 2. The van der Waals surface area contributed by atoms with Crippen molar-refractivity contribution < 1.29 is 36.8 Å². The van der Waals surface area contributed by atoms with Crippen LogP contribution < -0.4 is 0 Å². The van der Waals surface area contributed by atoms with Crippen molar-refractivity contribution in [3.8, 4) is 0 Å². The van der Waals surface area contributed by atoms with E-state index in [4.69, 9.17) is 13.7 Å². The lowest BCUT2D eigenvalue weighted by atomic mass is 9.95. The zero-order valence-corrected chi connectivity index (χ0v) is 21.0. The highest BCUT2D eigenvalue weighted by Gasteiger charge is 2.44. The van der Waals surface area contributed by atoms with Gasteiger partial charge in [-0.25, -0.2) is 4.79 Å². The van der Waals surface area contributed by atoms with Crippen LogP contribution in [0.1, 0.15) is 59.4 Å². The Morgan fingerprint density at radius 1 is 1.24 bits per heavy atom. The molecule has 1 aliphatic rings. The highest BCUT2D eigenvalue weighted by Crippen LogP contribution is 2.32. The predicted molar refractivity (Wildman–Crippen MR) is 121 cm³/mol. The van der Waals surface area contributed by atoms with Crippen LogP contribution in [0.5, 0.6) is 0 Å². The highest BCUT2D eigenvalue weighted by molar-refractivity contribution is 7.86. The van der Waals surface area contributed by atoms with Gasteiger partial charge in [0.05, 0.1) is 24.2 Å². The summed E-state index contributed by atoms with van der Waals surface area (Å²) in [6.45, 7) is 10.5. The van der Waals surface area contributed by atoms with E-state index >= 15 is 0 Å². The molecule has 9 nitrogen and oxygen atoms in total. The van der Waals surface area contributed by atoms with Crippen molar-refractivity contribution >= 4 is 22.2 Å². The maximum Gasteiger partial charge on any atom is 0.409 e. The van der Waals surface area contributed by atoms with Gasteiger partial charge in [-0.15, -0.1) is 0 Å². The van der Waals surface area contributed by atoms with E-state index in [9.17, 15) is 23.1 Å². The first-order valence-electron chi connectivity index (χ1n) is 10.9. The average Bonchev–Trinajstić information content (AvgIpc) is 2.97. The monoisotopic (exact) mass is 485 g/mol. The van der Waals surface area contributed by atoms with Crippen LogP contribution in [-0.2, 0) is 28.6 Å². The molecular weight excluding hydrogens is 450 g/mol. The van der Waals surface area contributed by atoms with E-state index in [1.165, 1.54) is 17.0 Å². The number of carboxylic acid groups (broad SMARTS) is 1. The second-order valence-electron chi connectivity index (χ2n) is 9.84. The molecule has 1 aromatic carbocycles. The van der Waals surface area contributed by atoms with Crippen LogP contribution in [0.2, 0.25) is 0 Å². The predicted octanol–water partition coefficient (Wildman–Crippen LogP) is 3.94. The van der Waals surface area contributed by atoms with Gasteiger partial charge in [-0.1, -0.05) is 17.7 Å². The van der Waals surface area contributed by atoms with Crippen molar-refractivity contribution in [2.45, 2.75) is 83.1 Å². The number of aryl methyl sites for hydroxylation is 1. The largest absolute Gasteiger partial charge is 0.465 e. The van der Waals surface area contributed by atoms with E-state index in [1.54, 1.807) is 46.8 Å². The summed E-state index contributed by atoms with van der Waals surface area (Å²) in [7, 11) is -4.00. The Kier molecular flexibility index (Phi) is 8.53. The first-order chi connectivity index (χ1) is 15.1. The van der Waals surface area contributed by atoms with Gasteiger partial charge < -0.3 is 14.6 Å². The molecular formula is C23H35NO8S. The van der Waals surface area contributed by atoms with Crippen LogP contribution in [0.4, 0.5) is 4.79 Å². The second kappa shape index (κ2) is 10.4. The SMILES string of the molecule is Cc1ccc(S(=O)(=O)OC[C@H](CCC(=O)OC(C)(C)C)CC2COC(C)(C)N2C(=O)O)cc1. The zero-order valence-electron chi connectivity index (χ0n) is 20.2. The fraction of sp³-hybridized carbons (Fsp3) is 0.652. The number of amides is 1. The summed E-state index contributed by atoms with van der Waals surface area (Å²) < 4.78 is 41.6. The number of esters is 1. The molecule has 33 heavy (non-hydrogen) atoms. The minimum Gasteiger partial charge on any atom is -0.465 e. The van der Waals surface area contributed by atoms with Gasteiger partial charge >= 0.3 is 12.1 Å². The van der Waals surface area contributed by atoms with Gasteiger partial charge in [-0.2, -0.15) is 8.42 Å². The molecule has 0 aromatic heterocycles. The molecule has 1 fully saturated rings. The van der Waals surface area contributed by atoms with E-state index in [0.29, 0.717) is 0 Å². The summed E-state index contributed by atoms with van der Waals surface area (Å²) in [5.41, 5.74) is -0.718. The molecule has 0 radical (unpaired) electrons. The van der Waals surface area contributed by atoms with Gasteiger partial charge in [0.15, 0.2) is 0 Å². The quantitative estimate of drug-likeness (QED) is 0.413. The van der Waals surface area contributed by atoms with Crippen LogP contribution in [0.15, 0.2) is 29.2 Å². The molecule has 1 heterocycles. The van der Waals surface area contributed by atoms with Gasteiger partial charge in [0.25, 0.3) is 10.1 Å². The van der Waals surface area contributed by atoms with Gasteiger partial charge in [-0.3, -0.25) is 13.9 Å². The molecule has 0 spiro atoms. The van der Waals surface area contributed by atoms with Crippen molar-refractivity contribution in [3.63, 3.8) is 0 Å². The lowest BCUT2D eigenvalue weighted by molar-refractivity contribution is -0.155. The fourth-order valence-electron chi connectivity index (χ4n) is 3.77. The van der Waals surface area contributed by atoms with E-state index in [-0.39, 0.29) is 37.4 Å². The van der Waals surface area contributed by atoms with Crippen molar-refractivity contribution in [2.75, 3.05) is 13.2 Å². The normalized spacial score (nSPS) is 19.3. The summed E-state index contributed by atoms with van der Waals surface area (Å²) in [5, 5.41) is 9.65. The maximum absolute atomic E-state index is 12.6. The highest BCUT2D eigenvalue weighted by atomic mass is 32.2. The molecule has 2 rings (SSSR count). The number of ether oxygens (including phenoxy) is 2. The summed E-state index contributed by atoms with van der Waals surface area (Å²) in [6, 6.07) is 5.81. The number of benzene rings is 1. The third-order valence-corrected chi connectivity index (χ3v) is 6.63. The summed E-state index contributed by atoms with van der Waals surface area (Å²) in [6.07, 6.45) is -0.508. The number of nitrogens with zero attached hydrogens (tertiary/aromatic N) is 1. The molecule has 0 saturated carbocycles. The smallest absolute Gasteiger partial charge is 0.409 e. The first kappa shape index (κ1) is 27.1.